The number of terminal acetylenes is 1. The lowest BCUT2D eigenvalue weighted by Crippen LogP contribution is -1.42. The maximum Gasteiger partial charge on any atom is 0.0875 e. The second kappa shape index (κ2) is 3.10. The molecule has 0 atom stereocenters. The molecule has 0 aliphatic heterocycles. The third-order valence-corrected chi connectivity index (χ3v) is 0.171. The Hall–Kier alpha value is -0.900. The molecule has 0 saturated carbocycles. The Labute approximate surface area is 30.9 Å². The van der Waals surface area contributed by atoms with Gasteiger partial charge in [0.1, 0.15) is 0 Å². The maximum atomic E-state index is 7.74. The van der Waals surface area contributed by atoms with Gasteiger partial charge in [0.05, 0.1) is 6.26 Å². The molecule has 0 unspecified atom stereocenters. The van der Waals surface area contributed by atoms with E-state index in [1.165, 1.54) is 6.08 Å². The van der Waals surface area contributed by atoms with Crippen LogP contribution in [-0.2, 0) is 0 Å². The van der Waals surface area contributed by atoms with Crippen LogP contribution < -0.4 is 0 Å². The second-order valence-electron chi connectivity index (χ2n) is 0.482. The largest absolute Gasteiger partial charge is 0.515 e. The molecular weight excluding hydrogens is 64.0 g/mol. The van der Waals surface area contributed by atoms with E-state index in [4.69, 9.17) is 5.11 Å². The first-order valence-electron chi connectivity index (χ1n) is 1.17. The average molecular weight is 68.1 g/mol. The van der Waals surface area contributed by atoms with Gasteiger partial charge in [0.2, 0.25) is 0 Å². The summed E-state index contributed by atoms with van der Waals surface area (Å²) in [5, 5.41) is 7.74. The highest BCUT2D eigenvalue weighted by Crippen LogP contribution is 1.53. The molecule has 0 amide bonds. The van der Waals surface area contributed by atoms with Crippen LogP contribution >= 0.6 is 0 Å². The van der Waals surface area contributed by atoms with Crippen LogP contribution in [-0.4, -0.2) is 5.11 Å². The summed E-state index contributed by atoms with van der Waals surface area (Å²) in [7, 11) is 0. The first-order valence-corrected chi connectivity index (χ1v) is 1.17. The van der Waals surface area contributed by atoms with Crippen molar-refractivity contribution in [3.05, 3.63) is 12.3 Å². The first kappa shape index (κ1) is 4.10. The molecule has 0 aromatic rings. The van der Waals surface area contributed by atoms with Crippen molar-refractivity contribution in [3.8, 4) is 12.3 Å². The summed E-state index contributed by atoms with van der Waals surface area (Å²) >= 11 is 0. The summed E-state index contributed by atoms with van der Waals surface area (Å²) in [4.78, 5) is 0. The van der Waals surface area contributed by atoms with Crippen LogP contribution in [0.3, 0.4) is 0 Å². The van der Waals surface area contributed by atoms with E-state index in [2.05, 4.69) is 12.3 Å². The first-order chi connectivity index (χ1) is 2.41. The fraction of sp³-hybridized carbons (Fsp3) is 0. The van der Waals surface area contributed by atoms with Crippen molar-refractivity contribution in [1.82, 2.24) is 0 Å². The number of aliphatic hydroxyl groups is 1. The molecule has 0 spiro atoms. The average Bonchev–Trinajstić information content (AvgIpc) is 1.41. The Balaban J connectivity index is 3.04. The van der Waals surface area contributed by atoms with Gasteiger partial charge in [-0.1, -0.05) is 5.92 Å². The van der Waals surface area contributed by atoms with Crippen molar-refractivity contribution < 1.29 is 5.11 Å². The van der Waals surface area contributed by atoms with E-state index >= 15 is 0 Å². The van der Waals surface area contributed by atoms with Gasteiger partial charge < -0.3 is 5.11 Å². The quantitative estimate of drug-likeness (QED) is 0.327. The fourth-order valence-corrected chi connectivity index (χ4v) is 0.0430. The standard InChI is InChI=1S/C4H4O/c1-2-3-4-5/h1,3-5H/b4-3-. The normalized spacial score (nSPS) is 7.80. The molecule has 0 fully saturated rings. The molecule has 1 heteroatoms. The van der Waals surface area contributed by atoms with Crippen molar-refractivity contribution in [2.75, 3.05) is 0 Å². The monoisotopic (exact) mass is 68.0 g/mol. The highest BCUT2D eigenvalue weighted by molar-refractivity contribution is 5.05. The highest BCUT2D eigenvalue weighted by Gasteiger charge is 1.42. The molecule has 0 aliphatic rings. The molecule has 0 saturated heterocycles. The zero-order valence-electron chi connectivity index (χ0n) is 2.68. The molecule has 26 valence electrons. The Morgan fingerprint density at radius 3 is 2.40 bits per heavy atom. The summed E-state index contributed by atoms with van der Waals surface area (Å²) < 4.78 is 0. The van der Waals surface area contributed by atoms with E-state index < -0.39 is 0 Å². The second-order valence-corrected chi connectivity index (χ2v) is 0.482. The van der Waals surface area contributed by atoms with E-state index in [-0.39, 0.29) is 0 Å². The van der Waals surface area contributed by atoms with Gasteiger partial charge >= 0.3 is 0 Å². The number of rotatable bonds is 0. The number of hydrogen-bond donors (Lipinski definition) is 1. The number of allylic oxidation sites excluding steroid dienone is 1. The van der Waals surface area contributed by atoms with Crippen LogP contribution in [0.25, 0.3) is 0 Å². The van der Waals surface area contributed by atoms with E-state index in [0.717, 1.165) is 6.26 Å². The SMILES string of the molecule is C#C/C=C\O. The summed E-state index contributed by atoms with van der Waals surface area (Å²) in [6.07, 6.45) is 6.67. The molecule has 5 heavy (non-hydrogen) atoms. The Bertz CT molecular complexity index is 66.2. The van der Waals surface area contributed by atoms with Crippen molar-refractivity contribution in [2.45, 2.75) is 0 Å². The third kappa shape index (κ3) is 3.10. The van der Waals surface area contributed by atoms with Crippen LogP contribution in [0.15, 0.2) is 12.3 Å². The minimum Gasteiger partial charge on any atom is -0.515 e. The van der Waals surface area contributed by atoms with Crippen LogP contribution in [0.2, 0.25) is 0 Å². The zero-order valence-corrected chi connectivity index (χ0v) is 2.68. The van der Waals surface area contributed by atoms with Crippen molar-refractivity contribution >= 4 is 0 Å². The Morgan fingerprint density at radius 1 is 1.80 bits per heavy atom. The topological polar surface area (TPSA) is 20.2 Å². The summed E-state index contributed by atoms with van der Waals surface area (Å²) in [5.41, 5.74) is 0. The highest BCUT2D eigenvalue weighted by atomic mass is 16.2. The van der Waals surface area contributed by atoms with Crippen LogP contribution in [0.4, 0.5) is 0 Å². The van der Waals surface area contributed by atoms with E-state index in [0.29, 0.717) is 0 Å². The molecule has 0 aliphatic carbocycles. The lowest BCUT2D eigenvalue weighted by Gasteiger charge is -1.54. The summed E-state index contributed by atoms with van der Waals surface area (Å²) in [6, 6.07) is 0. The Kier molecular flexibility index (Phi) is 2.54. The fourth-order valence-electron chi connectivity index (χ4n) is 0.0430. The van der Waals surface area contributed by atoms with Gasteiger partial charge in [-0.3, -0.25) is 0 Å². The third-order valence-electron chi connectivity index (χ3n) is 0.171. The smallest absolute Gasteiger partial charge is 0.0875 e. The molecule has 0 rings (SSSR count). The molecule has 0 radical (unpaired) electrons. The van der Waals surface area contributed by atoms with Gasteiger partial charge in [-0.25, -0.2) is 0 Å². The van der Waals surface area contributed by atoms with Crippen molar-refractivity contribution in [1.29, 1.82) is 0 Å². The van der Waals surface area contributed by atoms with Gasteiger partial charge in [-0.05, 0) is 0 Å². The minimum atomic E-state index is 0.819. The maximum absolute atomic E-state index is 7.74. The van der Waals surface area contributed by atoms with Crippen molar-refractivity contribution in [3.63, 3.8) is 0 Å². The molecule has 0 heterocycles. The number of hydrogen-bond acceptors (Lipinski definition) is 1. The lowest BCUT2D eigenvalue weighted by atomic mass is 10.7. The molecule has 0 bridgehead atoms. The predicted molar refractivity (Wildman–Crippen MR) is 20.6 cm³/mol. The molecule has 0 aromatic heterocycles. The van der Waals surface area contributed by atoms with Gasteiger partial charge in [0, 0.05) is 6.08 Å². The molecule has 1 N–H and O–H groups in total. The van der Waals surface area contributed by atoms with Crippen LogP contribution in [0, 0.1) is 12.3 Å². The van der Waals surface area contributed by atoms with Gasteiger partial charge in [-0.2, -0.15) is 0 Å². The van der Waals surface area contributed by atoms with Gasteiger partial charge in [-0.15, -0.1) is 6.42 Å². The lowest BCUT2D eigenvalue weighted by molar-refractivity contribution is 0.474. The van der Waals surface area contributed by atoms with Crippen molar-refractivity contribution in [2.24, 2.45) is 0 Å². The zero-order chi connectivity index (χ0) is 4.12. The molecule has 1 nitrogen and oxygen atoms in total. The Morgan fingerprint density at radius 2 is 2.40 bits per heavy atom. The van der Waals surface area contributed by atoms with E-state index in [9.17, 15) is 0 Å². The minimum absolute atomic E-state index is 0.819. The van der Waals surface area contributed by atoms with Crippen LogP contribution in [0.5, 0.6) is 0 Å². The summed E-state index contributed by atoms with van der Waals surface area (Å²) in [5.74, 6) is 2.09. The van der Waals surface area contributed by atoms with Gasteiger partial charge in [0.15, 0.2) is 0 Å². The summed E-state index contributed by atoms with van der Waals surface area (Å²) in [6.45, 7) is 0. The van der Waals surface area contributed by atoms with Crippen LogP contribution in [0.1, 0.15) is 0 Å². The molecule has 0 aromatic carbocycles. The number of aliphatic hydroxyl groups excluding tert-OH is 1. The van der Waals surface area contributed by atoms with E-state index in [1.54, 1.807) is 0 Å². The predicted octanol–water partition coefficient (Wildman–Crippen LogP) is 0.691. The van der Waals surface area contributed by atoms with E-state index in [1.807, 2.05) is 0 Å². The van der Waals surface area contributed by atoms with Gasteiger partial charge in [0.25, 0.3) is 0 Å². The molecular formula is C4H4O.